The van der Waals surface area contributed by atoms with E-state index in [0.29, 0.717) is 5.82 Å². The first-order chi connectivity index (χ1) is 27.7. The lowest BCUT2D eigenvalue weighted by molar-refractivity contribution is 0.434. The number of fused-ring (bicyclic) bond motifs is 9. The quantitative estimate of drug-likeness (QED) is 0.178. The molecule has 0 saturated carbocycles. The number of ether oxygens (including phenoxy) is 1. The molecule has 0 N–H and O–H groups in total. The molecule has 0 radical (unpaired) electrons. The molecule has 0 amide bonds. The number of benzene rings is 7. The molecule has 0 atom stereocenters. The van der Waals surface area contributed by atoms with Gasteiger partial charge in [-0.3, -0.25) is 4.98 Å². The molecular weight excluding hydrogens is 683 g/mol. The third kappa shape index (κ3) is 5.04. The molecule has 4 nitrogen and oxygen atoms in total. The van der Waals surface area contributed by atoms with Gasteiger partial charge in [-0.05, 0) is 69.8 Å². The second kappa shape index (κ2) is 12.9. The number of hydrogen-bond donors (Lipinski definition) is 0. The van der Waals surface area contributed by atoms with Crippen LogP contribution in [0.3, 0.4) is 0 Å². The number of para-hydroxylation sites is 2. The van der Waals surface area contributed by atoms with Crippen molar-refractivity contribution in [2.75, 3.05) is 0 Å². The Balaban J connectivity index is 1.05. The SMILES string of the molecule is c1ccc(-c2ccc(-c3cc(-c4cccc(-c5ccc6c(c5)C5(c7ccccc7Oc7ccccc75)c5ncccc5-6)c4)nc(-c4ccccc4)n3)cc2)cc1. The topological polar surface area (TPSA) is 47.9 Å². The predicted octanol–water partition coefficient (Wildman–Crippen LogP) is 12.7. The second-order valence-electron chi connectivity index (χ2n) is 14.4. The van der Waals surface area contributed by atoms with Gasteiger partial charge in [0.15, 0.2) is 5.82 Å². The van der Waals surface area contributed by atoms with Gasteiger partial charge in [0.2, 0.25) is 0 Å². The van der Waals surface area contributed by atoms with Crippen LogP contribution < -0.4 is 4.74 Å². The minimum atomic E-state index is -0.632. The van der Waals surface area contributed by atoms with Gasteiger partial charge in [-0.2, -0.15) is 0 Å². The summed E-state index contributed by atoms with van der Waals surface area (Å²) in [4.78, 5) is 15.4. The highest BCUT2D eigenvalue weighted by atomic mass is 16.5. The van der Waals surface area contributed by atoms with Crippen molar-refractivity contribution in [1.29, 1.82) is 0 Å². The lowest BCUT2D eigenvalue weighted by atomic mass is 9.67. The van der Waals surface area contributed by atoms with Crippen LogP contribution >= 0.6 is 0 Å². The normalized spacial score (nSPS) is 12.9. The molecule has 0 saturated heterocycles. The first kappa shape index (κ1) is 32.0. The Morgan fingerprint density at radius 2 is 0.911 bits per heavy atom. The highest BCUT2D eigenvalue weighted by molar-refractivity contribution is 5.89. The molecule has 1 spiro atoms. The third-order valence-electron chi connectivity index (χ3n) is 11.2. The van der Waals surface area contributed by atoms with Gasteiger partial charge in [-0.15, -0.1) is 0 Å². The molecule has 1 aliphatic heterocycles. The van der Waals surface area contributed by atoms with Gasteiger partial charge < -0.3 is 4.74 Å². The summed E-state index contributed by atoms with van der Waals surface area (Å²) in [5.74, 6) is 2.40. The van der Waals surface area contributed by atoms with Gasteiger partial charge in [0, 0.05) is 39.6 Å². The van der Waals surface area contributed by atoms with Gasteiger partial charge in [0.25, 0.3) is 0 Å². The average molecular weight is 716 g/mol. The van der Waals surface area contributed by atoms with Gasteiger partial charge in [0.1, 0.15) is 11.5 Å². The van der Waals surface area contributed by atoms with Crippen molar-refractivity contribution in [3.8, 4) is 78.8 Å². The van der Waals surface area contributed by atoms with Crippen molar-refractivity contribution in [2.45, 2.75) is 5.41 Å². The maximum atomic E-state index is 6.54. The summed E-state index contributed by atoms with van der Waals surface area (Å²) in [5.41, 5.74) is 15.5. The minimum Gasteiger partial charge on any atom is -0.457 e. The van der Waals surface area contributed by atoms with E-state index in [1.807, 2.05) is 48.7 Å². The molecular formula is C52H33N3O. The first-order valence-corrected chi connectivity index (χ1v) is 18.9. The molecule has 7 aromatic carbocycles. The van der Waals surface area contributed by atoms with E-state index in [1.165, 1.54) is 22.3 Å². The van der Waals surface area contributed by atoms with Crippen LogP contribution in [0.4, 0.5) is 0 Å². The minimum absolute atomic E-state index is 0.632. The summed E-state index contributed by atoms with van der Waals surface area (Å²) in [6.07, 6.45) is 1.91. The summed E-state index contributed by atoms with van der Waals surface area (Å²) >= 11 is 0. The Labute approximate surface area is 325 Å². The summed E-state index contributed by atoms with van der Waals surface area (Å²) < 4.78 is 6.54. The van der Waals surface area contributed by atoms with Crippen molar-refractivity contribution >= 4 is 0 Å². The van der Waals surface area contributed by atoms with E-state index in [9.17, 15) is 0 Å². The Bertz CT molecular complexity index is 2890. The van der Waals surface area contributed by atoms with Gasteiger partial charge >= 0.3 is 0 Å². The number of rotatable bonds is 5. The smallest absolute Gasteiger partial charge is 0.160 e. The Kier molecular flexibility index (Phi) is 7.36. The molecule has 1 aliphatic carbocycles. The molecule has 262 valence electrons. The van der Waals surface area contributed by atoms with E-state index < -0.39 is 5.41 Å². The van der Waals surface area contributed by atoms with Crippen LogP contribution in [0.2, 0.25) is 0 Å². The van der Waals surface area contributed by atoms with E-state index in [-0.39, 0.29) is 0 Å². The van der Waals surface area contributed by atoms with E-state index in [1.54, 1.807) is 0 Å². The van der Waals surface area contributed by atoms with Gasteiger partial charge in [-0.1, -0.05) is 158 Å². The van der Waals surface area contributed by atoms with E-state index in [4.69, 9.17) is 19.7 Å². The summed E-state index contributed by atoms with van der Waals surface area (Å²) in [7, 11) is 0. The maximum Gasteiger partial charge on any atom is 0.160 e. The molecule has 4 heteroatoms. The largest absolute Gasteiger partial charge is 0.457 e. The monoisotopic (exact) mass is 715 g/mol. The summed E-state index contributed by atoms with van der Waals surface area (Å²) in [6, 6.07) is 68.0. The molecule has 11 rings (SSSR count). The number of pyridine rings is 1. The van der Waals surface area contributed by atoms with E-state index in [0.717, 1.165) is 73.1 Å². The van der Waals surface area contributed by atoms with Gasteiger partial charge in [-0.25, -0.2) is 9.97 Å². The van der Waals surface area contributed by atoms with Crippen molar-refractivity contribution < 1.29 is 4.74 Å². The Morgan fingerprint density at radius 3 is 1.64 bits per heavy atom. The van der Waals surface area contributed by atoms with Crippen LogP contribution in [-0.4, -0.2) is 15.0 Å². The van der Waals surface area contributed by atoms with Crippen LogP contribution in [0.25, 0.3) is 67.3 Å². The standard InChI is InChI=1S/C52H33N3O/c1-3-13-34(14-4-1)35-24-26-36(27-25-35)46-33-47(55-51(54-46)37-15-5-2-6-16-37)40-18-11-17-38(31-40)39-28-29-41-42-19-12-30-53-50(42)52(45(41)32-39)43-20-7-9-22-48(43)56-49-23-10-8-21-44(49)52/h1-33H. The fraction of sp³-hybridized carbons (Fsp3) is 0.0192. The molecule has 0 bridgehead atoms. The third-order valence-corrected chi connectivity index (χ3v) is 11.2. The zero-order valence-corrected chi connectivity index (χ0v) is 30.3. The van der Waals surface area contributed by atoms with Crippen molar-refractivity contribution in [3.05, 3.63) is 223 Å². The van der Waals surface area contributed by atoms with Gasteiger partial charge in [0.05, 0.1) is 22.5 Å². The van der Waals surface area contributed by atoms with Crippen LogP contribution in [0.5, 0.6) is 11.5 Å². The lowest BCUT2D eigenvalue weighted by Gasteiger charge is -2.38. The number of hydrogen-bond acceptors (Lipinski definition) is 4. The Hall–Kier alpha value is -7.43. The fourth-order valence-corrected chi connectivity index (χ4v) is 8.64. The number of nitrogens with zero attached hydrogens (tertiary/aromatic N) is 3. The highest BCUT2D eigenvalue weighted by Gasteiger charge is 2.52. The molecule has 0 fully saturated rings. The van der Waals surface area contributed by atoms with Crippen LogP contribution in [0, 0.1) is 0 Å². The van der Waals surface area contributed by atoms with E-state index >= 15 is 0 Å². The van der Waals surface area contributed by atoms with Crippen LogP contribution in [0.1, 0.15) is 22.4 Å². The molecule has 2 aromatic heterocycles. The second-order valence-corrected chi connectivity index (χ2v) is 14.4. The molecule has 9 aromatic rings. The first-order valence-electron chi connectivity index (χ1n) is 18.9. The average Bonchev–Trinajstić information content (AvgIpc) is 3.57. The fourth-order valence-electron chi connectivity index (χ4n) is 8.64. The highest BCUT2D eigenvalue weighted by Crippen LogP contribution is 2.61. The summed E-state index contributed by atoms with van der Waals surface area (Å²) in [6.45, 7) is 0. The maximum absolute atomic E-state index is 6.54. The van der Waals surface area contributed by atoms with Crippen LogP contribution in [-0.2, 0) is 5.41 Å². The van der Waals surface area contributed by atoms with Crippen molar-refractivity contribution in [2.24, 2.45) is 0 Å². The molecule has 56 heavy (non-hydrogen) atoms. The van der Waals surface area contributed by atoms with Crippen molar-refractivity contribution in [3.63, 3.8) is 0 Å². The van der Waals surface area contributed by atoms with Crippen LogP contribution in [0.15, 0.2) is 200 Å². The predicted molar refractivity (Wildman–Crippen MR) is 224 cm³/mol. The number of aromatic nitrogens is 3. The van der Waals surface area contributed by atoms with E-state index in [2.05, 4.69) is 152 Å². The Morgan fingerprint density at radius 1 is 0.357 bits per heavy atom. The van der Waals surface area contributed by atoms with Crippen molar-refractivity contribution in [1.82, 2.24) is 15.0 Å². The molecule has 3 heterocycles. The lowest BCUT2D eigenvalue weighted by Crippen LogP contribution is -2.33. The zero-order chi connectivity index (χ0) is 37.1. The zero-order valence-electron chi connectivity index (χ0n) is 30.3. The molecule has 0 unspecified atom stereocenters. The summed E-state index contributed by atoms with van der Waals surface area (Å²) in [5, 5.41) is 0. The molecule has 2 aliphatic rings.